The van der Waals surface area contributed by atoms with Crippen molar-refractivity contribution < 1.29 is 29.6 Å². The van der Waals surface area contributed by atoms with Crippen molar-refractivity contribution in [1.82, 2.24) is 29.0 Å². The van der Waals surface area contributed by atoms with E-state index >= 15 is 4.39 Å². The summed E-state index contributed by atoms with van der Waals surface area (Å²) in [5.74, 6) is -2.99. The van der Waals surface area contributed by atoms with Crippen molar-refractivity contribution in [3.63, 3.8) is 0 Å². The molecule has 214 valence electrons. The van der Waals surface area contributed by atoms with Crippen molar-refractivity contribution >= 4 is 27.0 Å². The number of hydrogen-bond donors (Lipinski definition) is 2. The minimum Gasteiger partial charge on any atom is -0.345 e. The van der Waals surface area contributed by atoms with Crippen LogP contribution in [0.5, 0.6) is 0 Å². The van der Waals surface area contributed by atoms with Crippen LogP contribution in [0.4, 0.5) is 13.5 Å². The molecule has 1 aliphatic heterocycles. The monoisotopic (exact) mass is 568 g/mol. The molecule has 0 amide bonds. The summed E-state index contributed by atoms with van der Waals surface area (Å²) in [5.41, 5.74) is 0.367. The van der Waals surface area contributed by atoms with Crippen LogP contribution in [0, 0.1) is 5.92 Å². The van der Waals surface area contributed by atoms with E-state index in [0.29, 0.717) is 41.7 Å². The highest BCUT2D eigenvalue weighted by Gasteiger charge is 2.36. The van der Waals surface area contributed by atoms with Crippen molar-refractivity contribution in [2.45, 2.75) is 33.6 Å². The number of carbonyl (C=O) groups is 1. The molecule has 13 heteroatoms. The number of halogens is 3. The fraction of sp³-hybridized carbons (Fsp3) is 0.308. The number of fused-ring (bicyclic) bond motifs is 1. The van der Waals surface area contributed by atoms with E-state index < -0.39 is 45.3 Å². The van der Waals surface area contributed by atoms with Crippen LogP contribution in [0.15, 0.2) is 73.3 Å². The van der Waals surface area contributed by atoms with E-state index in [1.54, 1.807) is 24.7 Å². The highest BCUT2D eigenvalue weighted by Crippen LogP contribution is 2.37. The minimum absolute atomic E-state index is 0. The molecule has 0 spiro atoms. The predicted molar refractivity (Wildman–Crippen MR) is 149 cm³/mol. The highest BCUT2D eigenvalue weighted by molar-refractivity contribution is 7.87. The number of allylic oxidation sites excluding steroid dienone is 3. The number of aromatic nitrogens is 4. The number of rotatable bonds is 6. The summed E-state index contributed by atoms with van der Waals surface area (Å²) in [6.45, 7) is 12.5. The Morgan fingerprint density at radius 1 is 1.18 bits per heavy atom. The minimum atomic E-state index is -4.05. The molecule has 3 aromatic heterocycles. The zero-order valence-corrected chi connectivity index (χ0v) is 22.7. The molecule has 5 rings (SSSR count). The number of hydrogen-bond acceptors (Lipinski definition) is 6. The van der Waals surface area contributed by atoms with Gasteiger partial charge in [0.15, 0.2) is 5.83 Å². The van der Waals surface area contributed by atoms with Gasteiger partial charge in [-0.05, 0) is 18.4 Å². The molecular formula is C26H35F3N6O3S. The van der Waals surface area contributed by atoms with E-state index in [0.717, 1.165) is 0 Å². The molecule has 9 nitrogen and oxygen atoms in total. The Morgan fingerprint density at radius 2 is 1.85 bits per heavy atom. The molecule has 0 radical (unpaired) electrons. The SMILES string of the molecule is C=C.CC.C[C@@H]1CCN(S(=O)(=O)NC2=C(F)C(C(=O)c3c[nH]c4ncc(-c5cncnc5)cc34)=C(F)C2)C1.F.[HH].[HH]. The first-order valence-electron chi connectivity index (χ1n) is 12.1. The Bertz CT molecular complexity index is 1500. The number of aromatic amines is 1. The number of ketones is 1. The summed E-state index contributed by atoms with van der Waals surface area (Å²) >= 11 is 0. The van der Waals surface area contributed by atoms with Gasteiger partial charge in [-0.3, -0.25) is 14.2 Å². The van der Waals surface area contributed by atoms with Crippen LogP contribution in [-0.2, 0) is 10.2 Å². The number of carbonyl (C=O) groups excluding carboxylic acids is 1. The Labute approximate surface area is 228 Å². The second-order valence-electron chi connectivity index (χ2n) is 8.39. The molecule has 0 saturated carbocycles. The van der Waals surface area contributed by atoms with E-state index in [9.17, 15) is 17.6 Å². The van der Waals surface area contributed by atoms with Gasteiger partial charge in [0.1, 0.15) is 17.8 Å². The number of nitrogens with zero attached hydrogens (tertiary/aromatic N) is 4. The van der Waals surface area contributed by atoms with Crippen LogP contribution in [0.2, 0.25) is 0 Å². The molecule has 0 unspecified atom stereocenters. The molecule has 4 heterocycles. The smallest absolute Gasteiger partial charge is 0.301 e. The Hall–Kier alpha value is -3.84. The summed E-state index contributed by atoms with van der Waals surface area (Å²) in [6, 6.07) is 1.65. The second-order valence-corrected chi connectivity index (χ2v) is 10.1. The van der Waals surface area contributed by atoms with Crippen LogP contribution in [0.3, 0.4) is 0 Å². The van der Waals surface area contributed by atoms with Gasteiger partial charge in [-0.2, -0.15) is 12.7 Å². The quantitative estimate of drug-likeness (QED) is 0.292. The number of Topliss-reactive ketones (excluding diaryl/α,β-unsaturated/α-hetero) is 1. The first-order valence-corrected chi connectivity index (χ1v) is 13.5. The molecule has 0 aromatic carbocycles. The topological polar surface area (TPSA) is 121 Å². The maximum atomic E-state index is 15.2. The largest absolute Gasteiger partial charge is 0.345 e. The summed E-state index contributed by atoms with van der Waals surface area (Å²) in [6.07, 6.45) is 7.45. The van der Waals surface area contributed by atoms with Gasteiger partial charge in [0.25, 0.3) is 0 Å². The van der Waals surface area contributed by atoms with Crippen LogP contribution in [0.1, 0.15) is 46.8 Å². The van der Waals surface area contributed by atoms with Gasteiger partial charge in [0, 0.05) is 69.2 Å². The van der Waals surface area contributed by atoms with Gasteiger partial charge < -0.3 is 4.98 Å². The molecule has 1 fully saturated rings. The lowest BCUT2D eigenvalue weighted by Crippen LogP contribution is -2.38. The third-order valence-corrected chi connectivity index (χ3v) is 7.48. The van der Waals surface area contributed by atoms with E-state index in [4.69, 9.17) is 0 Å². The van der Waals surface area contributed by atoms with Crippen LogP contribution in [0.25, 0.3) is 22.2 Å². The fourth-order valence-corrected chi connectivity index (χ4v) is 5.56. The lowest BCUT2D eigenvalue weighted by Gasteiger charge is -2.17. The Kier molecular flexibility index (Phi) is 10.7. The average Bonchev–Trinajstić information content (AvgIpc) is 3.63. The first kappa shape index (κ1) is 31.4. The average molecular weight is 569 g/mol. The third kappa shape index (κ3) is 6.42. The molecule has 3 aromatic rings. The van der Waals surface area contributed by atoms with Crippen LogP contribution >= 0.6 is 0 Å². The lowest BCUT2D eigenvalue weighted by atomic mass is 10.0. The molecule has 0 bridgehead atoms. The number of H-pyrrole nitrogens is 1. The van der Waals surface area contributed by atoms with Crippen LogP contribution < -0.4 is 4.72 Å². The van der Waals surface area contributed by atoms with E-state index in [2.05, 4.69) is 37.8 Å². The predicted octanol–water partition coefficient (Wildman–Crippen LogP) is 5.66. The zero-order chi connectivity index (χ0) is 28.0. The molecule has 1 saturated heterocycles. The fourth-order valence-electron chi connectivity index (χ4n) is 4.16. The van der Waals surface area contributed by atoms with Crippen molar-refractivity contribution in [3.05, 3.63) is 78.8 Å². The van der Waals surface area contributed by atoms with Crippen molar-refractivity contribution in [1.29, 1.82) is 0 Å². The highest BCUT2D eigenvalue weighted by atomic mass is 32.2. The van der Waals surface area contributed by atoms with Crippen molar-refractivity contribution in [3.8, 4) is 11.1 Å². The molecule has 39 heavy (non-hydrogen) atoms. The maximum Gasteiger partial charge on any atom is 0.301 e. The molecule has 1 atom stereocenters. The van der Waals surface area contributed by atoms with E-state index in [-0.39, 0.29) is 19.0 Å². The summed E-state index contributed by atoms with van der Waals surface area (Å²) in [7, 11) is -4.05. The number of nitrogens with one attached hydrogen (secondary N) is 2. The van der Waals surface area contributed by atoms with Gasteiger partial charge in [-0.25, -0.2) is 23.7 Å². The zero-order valence-electron chi connectivity index (χ0n) is 21.9. The Balaban J connectivity index is 0.00000219. The first-order chi connectivity index (χ1) is 18.2. The summed E-state index contributed by atoms with van der Waals surface area (Å²) in [4.78, 5) is 28.2. The molecule has 2 N–H and O–H groups in total. The van der Waals surface area contributed by atoms with Gasteiger partial charge in [0.05, 0.1) is 11.3 Å². The molecular weight excluding hydrogens is 533 g/mol. The molecule has 2 aliphatic rings. The van der Waals surface area contributed by atoms with Gasteiger partial charge >= 0.3 is 10.2 Å². The molecule has 1 aliphatic carbocycles. The van der Waals surface area contributed by atoms with E-state index in [1.807, 2.05) is 20.8 Å². The summed E-state index contributed by atoms with van der Waals surface area (Å²) < 4.78 is 58.5. The standard InChI is InChI=1S/C22H20F2N6O3S.C2H6.C2H4.FH.2H2/c1-12-2-3-30(10-12)34(32,33)29-18-5-17(23)19(20(18)24)21(31)16-9-28-22-15(16)4-13(8-27-22)14-6-25-11-26-7-14;2*1-2;;;/h4,6-9,11-12,29H,2-3,5,10H2,1H3,(H,27,28);1-2H3;1-2H2;3*1H/t12-;;;;;/m1...../s1. The normalized spacial score (nSPS) is 17.2. The van der Waals surface area contributed by atoms with Crippen molar-refractivity contribution in [2.75, 3.05) is 13.1 Å². The maximum absolute atomic E-state index is 15.2. The second kappa shape index (κ2) is 13.3. The number of pyridine rings is 1. The van der Waals surface area contributed by atoms with E-state index in [1.165, 1.54) is 16.8 Å². The van der Waals surface area contributed by atoms with Crippen molar-refractivity contribution in [2.24, 2.45) is 5.92 Å². The third-order valence-electron chi connectivity index (χ3n) is 5.96. The van der Waals surface area contributed by atoms with Crippen LogP contribution in [-0.4, -0.2) is 51.5 Å². The van der Waals surface area contributed by atoms with Gasteiger partial charge in [0.2, 0.25) is 5.78 Å². The van der Waals surface area contributed by atoms with Gasteiger partial charge in [-0.1, -0.05) is 20.8 Å². The lowest BCUT2D eigenvalue weighted by molar-refractivity contribution is 0.103. The Morgan fingerprint density at radius 3 is 2.46 bits per heavy atom. The summed E-state index contributed by atoms with van der Waals surface area (Å²) in [5, 5.41) is 0.361. The van der Waals surface area contributed by atoms with Gasteiger partial charge in [-0.15, -0.1) is 13.2 Å².